The smallest absolute Gasteiger partial charge is 0.124 e. The van der Waals surface area contributed by atoms with E-state index in [0.29, 0.717) is 11.1 Å². The van der Waals surface area contributed by atoms with Gasteiger partial charge in [-0.3, -0.25) is 0 Å². The number of hydrogen-bond acceptors (Lipinski definition) is 1. The first-order chi connectivity index (χ1) is 6.67. The Labute approximate surface area is 89.3 Å². The third kappa shape index (κ3) is 2.88. The van der Waals surface area contributed by atoms with Crippen molar-refractivity contribution in [3.63, 3.8) is 0 Å². The number of anilines is 1. The van der Waals surface area contributed by atoms with Gasteiger partial charge in [0.25, 0.3) is 0 Å². The Morgan fingerprint density at radius 2 is 2.00 bits per heavy atom. The zero-order chi connectivity index (χ0) is 10.6. The summed E-state index contributed by atoms with van der Waals surface area (Å²) >= 11 is 5.89. The summed E-state index contributed by atoms with van der Waals surface area (Å²) in [6.45, 7) is 4.22. The van der Waals surface area contributed by atoms with Crippen LogP contribution in [0.2, 0.25) is 5.02 Å². The summed E-state index contributed by atoms with van der Waals surface area (Å²) < 4.78 is 12.7. The molecule has 0 spiro atoms. The quantitative estimate of drug-likeness (QED) is 0.798. The number of rotatable bonds is 4. The first kappa shape index (κ1) is 11.3. The normalized spacial score (nSPS) is 10.6. The van der Waals surface area contributed by atoms with E-state index in [2.05, 4.69) is 19.2 Å². The number of hydrogen-bond donors (Lipinski definition) is 1. The molecule has 3 heteroatoms. The first-order valence-electron chi connectivity index (χ1n) is 4.89. The minimum absolute atomic E-state index is 0.301. The van der Waals surface area contributed by atoms with Crippen LogP contribution < -0.4 is 5.32 Å². The molecule has 1 aromatic rings. The van der Waals surface area contributed by atoms with Crippen LogP contribution in [0, 0.1) is 5.82 Å². The topological polar surface area (TPSA) is 12.0 Å². The zero-order valence-corrected chi connectivity index (χ0v) is 9.24. The van der Waals surface area contributed by atoms with E-state index in [0.717, 1.165) is 18.5 Å². The van der Waals surface area contributed by atoms with Crippen molar-refractivity contribution < 1.29 is 4.39 Å². The lowest BCUT2D eigenvalue weighted by Crippen LogP contribution is -2.17. The monoisotopic (exact) mass is 215 g/mol. The second kappa shape index (κ2) is 5.20. The molecule has 0 aliphatic rings. The van der Waals surface area contributed by atoms with Crippen molar-refractivity contribution >= 4 is 17.3 Å². The Balaban J connectivity index is 2.76. The fourth-order valence-corrected chi connectivity index (χ4v) is 1.54. The molecule has 0 aromatic heterocycles. The molecule has 0 radical (unpaired) electrons. The summed E-state index contributed by atoms with van der Waals surface area (Å²) in [6.07, 6.45) is 2.06. The largest absolute Gasteiger partial charge is 0.381 e. The van der Waals surface area contributed by atoms with E-state index in [1.54, 1.807) is 6.07 Å². The van der Waals surface area contributed by atoms with E-state index in [1.165, 1.54) is 12.1 Å². The molecule has 0 heterocycles. The van der Waals surface area contributed by atoms with Gasteiger partial charge in [-0.05, 0) is 31.0 Å². The zero-order valence-electron chi connectivity index (χ0n) is 8.48. The average molecular weight is 216 g/mol. The minimum atomic E-state index is -0.301. The third-order valence-electron chi connectivity index (χ3n) is 2.28. The van der Waals surface area contributed by atoms with Gasteiger partial charge >= 0.3 is 0 Å². The van der Waals surface area contributed by atoms with Crippen molar-refractivity contribution in [3.8, 4) is 0 Å². The Morgan fingerprint density at radius 1 is 1.36 bits per heavy atom. The van der Waals surface area contributed by atoms with Gasteiger partial charge in [-0.2, -0.15) is 0 Å². The molecule has 0 aliphatic carbocycles. The summed E-state index contributed by atoms with van der Waals surface area (Å²) in [5.74, 6) is -0.301. The summed E-state index contributed by atoms with van der Waals surface area (Å²) in [6, 6.07) is 4.82. The van der Waals surface area contributed by atoms with Gasteiger partial charge in [0, 0.05) is 6.04 Å². The van der Waals surface area contributed by atoms with Crippen molar-refractivity contribution in [1.82, 2.24) is 0 Å². The summed E-state index contributed by atoms with van der Waals surface area (Å²) in [4.78, 5) is 0. The SMILES string of the molecule is CCC(CC)Nc1ccc(F)cc1Cl. The van der Waals surface area contributed by atoms with Gasteiger partial charge in [0.15, 0.2) is 0 Å². The van der Waals surface area contributed by atoms with Crippen molar-refractivity contribution in [3.05, 3.63) is 29.0 Å². The lowest BCUT2D eigenvalue weighted by molar-refractivity contribution is 0.627. The van der Waals surface area contributed by atoms with Gasteiger partial charge in [0.1, 0.15) is 5.82 Å². The van der Waals surface area contributed by atoms with Crippen LogP contribution in [0.5, 0.6) is 0 Å². The Morgan fingerprint density at radius 3 is 2.50 bits per heavy atom. The molecule has 0 amide bonds. The molecule has 0 saturated heterocycles. The molecule has 1 nitrogen and oxygen atoms in total. The van der Waals surface area contributed by atoms with Gasteiger partial charge < -0.3 is 5.32 Å². The van der Waals surface area contributed by atoms with Crippen LogP contribution in [0.25, 0.3) is 0 Å². The van der Waals surface area contributed by atoms with Crippen LogP contribution in [-0.2, 0) is 0 Å². The van der Waals surface area contributed by atoms with E-state index in [4.69, 9.17) is 11.6 Å². The summed E-state index contributed by atoms with van der Waals surface area (Å²) in [7, 11) is 0. The highest BCUT2D eigenvalue weighted by molar-refractivity contribution is 6.33. The molecule has 0 bridgehead atoms. The molecular weight excluding hydrogens is 201 g/mol. The summed E-state index contributed by atoms with van der Waals surface area (Å²) in [5, 5.41) is 3.72. The lowest BCUT2D eigenvalue weighted by atomic mass is 10.1. The van der Waals surface area contributed by atoms with E-state index in [-0.39, 0.29) is 5.82 Å². The standard InChI is InChI=1S/C11H15ClFN/c1-3-9(4-2)14-11-6-5-8(13)7-10(11)12/h5-7,9,14H,3-4H2,1-2H3. The van der Waals surface area contributed by atoms with Crippen LogP contribution in [0.1, 0.15) is 26.7 Å². The van der Waals surface area contributed by atoms with Gasteiger partial charge in [-0.15, -0.1) is 0 Å². The van der Waals surface area contributed by atoms with Gasteiger partial charge in [0.05, 0.1) is 10.7 Å². The third-order valence-corrected chi connectivity index (χ3v) is 2.59. The number of benzene rings is 1. The predicted molar refractivity (Wildman–Crippen MR) is 59.4 cm³/mol. The number of nitrogens with one attached hydrogen (secondary N) is 1. The fraction of sp³-hybridized carbons (Fsp3) is 0.455. The molecular formula is C11H15ClFN. The van der Waals surface area contributed by atoms with Crippen molar-refractivity contribution in [2.24, 2.45) is 0 Å². The van der Waals surface area contributed by atoms with Crippen molar-refractivity contribution in [1.29, 1.82) is 0 Å². The van der Waals surface area contributed by atoms with Gasteiger partial charge in [-0.1, -0.05) is 25.4 Å². The van der Waals surface area contributed by atoms with Crippen LogP contribution >= 0.6 is 11.6 Å². The van der Waals surface area contributed by atoms with E-state index in [1.807, 2.05) is 0 Å². The highest BCUT2D eigenvalue weighted by atomic mass is 35.5. The highest BCUT2D eigenvalue weighted by Gasteiger charge is 2.06. The fourth-order valence-electron chi connectivity index (χ4n) is 1.32. The predicted octanol–water partition coefficient (Wildman–Crippen LogP) is 4.08. The van der Waals surface area contributed by atoms with E-state index >= 15 is 0 Å². The first-order valence-corrected chi connectivity index (χ1v) is 5.26. The number of halogens is 2. The van der Waals surface area contributed by atoms with Crippen LogP contribution in [0.3, 0.4) is 0 Å². The molecule has 0 unspecified atom stereocenters. The molecule has 14 heavy (non-hydrogen) atoms. The Hall–Kier alpha value is -0.760. The second-order valence-corrected chi connectivity index (χ2v) is 3.69. The average Bonchev–Trinajstić information content (AvgIpc) is 2.17. The van der Waals surface area contributed by atoms with Crippen LogP contribution in [0.4, 0.5) is 10.1 Å². The Kier molecular flexibility index (Phi) is 4.21. The molecule has 1 N–H and O–H groups in total. The summed E-state index contributed by atoms with van der Waals surface area (Å²) in [5.41, 5.74) is 0.807. The second-order valence-electron chi connectivity index (χ2n) is 3.28. The van der Waals surface area contributed by atoms with E-state index in [9.17, 15) is 4.39 Å². The maximum absolute atomic E-state index is 12.7. The molecule has 0 atom stereocenters. The maximum Gasteiger partial charge on any atom is 0.124 e. The highest BCUT2D eigenvalue weighted by Crippen LogP contribution is 2.23. The Bertz CT molecular complexity index is 297. The minimum Gasteiger partial charge on any atom is -0.381 e. The molecule has 1 rings (SSSR count). The van der Waals surface area contributed by atoms with Gasteiger partial charge in [-0.25, -0.2) is 4.39 Å². The molecule has 1 aromatic carbocycles. The van der Waals surface area contributed by atoms with Crippen molar-refractivity contribution in [2.75, 3.05) is 5.32 Å². The maximum atomic E-state index is 12.7. The van der Waals surface area contributed by atoms with Crippen LogP contribution in [-0.4, -0.2) is 6.04 Å². The van der Waals surface area contributed by atoms with Crippen molar-refractivity contribution in [2.45, 2.75) is 32.7 Å². The lowest BCUT2D eigenvalue weighted by Gasteiger charge is -2.17. The van der Waals surface area contributed by atoms with E-state index < -0.39 is 0 Å². The molecule has 78 valence electrons. The van der Waals surface area contributed by atoms with Crippen LogP contribution in [0.15, 0.2) is 18.2 Å². The molecule has 0 saturated carbocycles. The van der Waals surface area contributed by atoms with Gasteiger partial charge in [0.2, 0.25) is 0 Å². The molecule has 0 fully saturated rings. The molecule has 0 aliphatic heterocycles.